The maximum Gasteiger partial charge on any atom is 0.247 e. The predicted molar refractivity (Wildman–Crippen MR) is 119 cm³/mol. The molecule has 3 rings (SSSR count). The molecule has 1 aromatic carbocycles. The summed E-state index contributed by atoms with van der Waals surface area (Å²) in [6.07, 6.45) is 3.41. The monoisotopic (exact) mass is 530 g/mol. The molecule has 4 N–H and O–H groups in total. The number of carbonyl (C=O) groups excluding carboxylic acids is 2. The first-order valence-corrected chi connectivity index (χ1v) is 11.0. The topological polar surface area (TPSA) is 117 Å². The summed E-state index contributed by atoms with van der Waals surface area (Å²) in [6, 6.07) is 2.90. The summed E-state index contributed by atoms with van der Waals surface area (Å²) < 4.78 is 12.1. The fourth-order valence-corrected chi connectivity index (χ4v) is 4.15. The molecule has 0 unspecified atom stereocenters. The summed E-state index contributed by atoms with van der Waals surface area (Å²) in [7, 11) is 1.48. The van der Waals surface area contributed by atoms with Gasteiger partial charge in [-0.05, 0) is 72.5 Å². The van der Waals surface area contributed by atoms with Gasteiger partial charge in [-0.1, -0.05) is 0 Å². The van der Waals surface area contributed by atoms with E-state index < -0.39 is 12.2 Å². The first-order valence-electron chi connectivity index (χ1n) is 9.97. The molecule has 0 bridgehead atoms. The summed E-state index contributed by atoms with van der Waals surface area (Å²) in [6.45, 7) is 0.793. The lowest BCUT2D eigenvalue weighted by Crippen LogP contribution is -2.52. The standard InChI is InChI=1S/C21H27IN2O6/c1-29-18-7-13(11-26)6-15(22)20(18)30-17-9-14(21(28)23-4-5-25)8-16(19(17)27)24-10-12-2-3-12/h6-7,9,11-12,16-17,19,24-25,27H,2-5,8,10H2,1H3,(H,23,28)/t16-,17+,19+/m1/s1. The van der Waals surface area contributed by atoms with Gasteiger partial charge in [-0.25, -0.2) is 0 Å². The SMILES string of the molecule is COc1cc(C=O)cc(I)c1O[C@H]1C=C(C(=O)NCCO)C[C@@H](NCC2CC2)[C@@H]1O. The largest absolute Gasteiger partial charge is 0.493 e. The molecule has 0 spiro atoms. The number of aliphatic hydroxyl groups excluding tert-OH is 2. The minimum Gasteiger partial charge on any atom is -0.493 e. The smallest absolute Gasteiger partial charge is 0.247 e. The fraction of sp³-hybridized carbons (Fsp3) is 0.524. The van der Waals surface area contributed by atoms with Gasteiger partial charge in [0.2, 0.25) is 5.91 Å². The average Bonchev–Trinajstić information content (AvgIpc) is 3.57. The lowest BCUT2D eigenvalue weighted by molar-refractivity contribution is -0.118. The van der Waals surface area contributed by atoms with E-state index in [0.29, 0.717) is 38.5 Å². The van der Waals surface area contributed by atoms with Crippen molar-refractivity contribution >= 4 is 34.8 Å². The maximum absolute atomic E-state index is 12.5. The van der Waals surface area contributed by atoms with Crippen LogP contribution >= 0.6 is 22.6 Å². The number of aldehydes is 1. The first kappa shape index (κ1) is 23.0. The Kier molecular flexibility index (Phi) is 8.09. The number of amides is 1. The molecular formula is C21H27IN2O6. The van der Waals surface area contributed by atoms with Crippen molar-refractivity contribution in [3.63, 3.8) is 0 Å². The Balaban J connectivity index is 1.85. The Morgan fingerprint density at radius 1 is 1.37 bits per heavy atom. The minimum atomic E-state index is -0.871. The molecule has 1 fully saturated rings. The number of ether oxygens (including phenoxy) is 2. The maximum atomic E-state index is 12.5. The van der Waals surface area contributed by atoms with Gasteiger partial charge in [-0.15, -0.1) is 0 Å². The van der Waals surface area contributed by atoms with Crippen LogP contribution in [0.4, 0.5) is 0 Å². The predicted octanol–water partition coefficient (Wildman–Crippen LogP) is 1.03. The Morgan fingerprint density at radius 2 is 2.13 bits per heavy atom. The molecule has 2 aliphatic carbocycles. The molecule has 2 aliphatic rings. The molecule has 0 aliphatic heterocycles. The number of hydrogen-bond acceptors (Lipinski definition) is 7. The van der Waals surface area contributed by atoms with Gasteiger partial charge in [-0.3, -0.25) is 9.59 Å². The summed E-state index contributed by atoms with van der Waals surface area (Å²) in [5.74, 6) is 1.11. The number of carbonyl (C=O) groups is 2. The zero-order chi connectivity index (χ0) is 21.7. The van der Waals surface area contributed by atoms with Crippen LogP contribution < -0.4 is 20.1 Å². The van der Waals surface area contributed by atoms with Crippen molar-refractivity contribution in [3.8, 4) is 11.5 Å². The van der Waals surface area contributed by atoms with Crippen molar-refractivity contribution in [2.45, 2.75) is 37.5 Å². The number of benzene rings is 1. The van der Waals surface area contributed by atoms with E-state index in [0.717, 1.165) is 12.8 Å². The number of hydrogen-bond donors (Lipinski definition) is 4. The van der Waals surface area contributed by atoms with Crippen LogP contribution in [0.25, 0.3) is 0 Å². The fourth-order valence-electron chi connectivity index (χ4n) is 3.40. The van der Waals surface area contributed by atoms with E-state index in [-0.39, 0.29) is 25.1 Å². The lowest BCUT2D eigenvalue weighted by Gasteiger charge is -2.34. The molecule has 0 radical (unpaired) electrons. The summed E-state index contributed by atoms with van der Waals surface area (Å²) in [5, 5.41) is 26.0. The molecule has 3 atom stereocenters. The van der Waals surface area contributed by atoms with Crippen molar-refractivity contribution < 1.29 is 29.3 Å². The Bertz CT molecular complexity index is 811. The second-order valence-corrected chi connectivity index (χ2v) is 8.72. The second-order valence-electron chi connectivity index (χ2n) is 7.56. The van der Waals surface area contributed by atoms with Crippen molar-refractivity contribution in [1.82, 2.24) is 10.6 Å². The van der Waals surface area contributed by atoms with Crippen LogP contribution in [-0.4, -0.2) is 67.5 Å². The van der Waals surface area contributed by atoms with Crippen LogP contribution in [0, 0.1) is 9.49 Å². The first-order chi connectivity index (χ1) is 14.5. The van der Waals surface area contributed by atoms with Gasteiger partial charge in [0, 0.05) is 23.7 Å². The van der Waals surface area contributed by atoms with Crippen molar-refractivity contribution in [1.29, 1.82) is 0 Å². The van der Waals surface area contributed by atoms with Crippen LogP contribution in [0.2, 0.25) is 0 Å². The van der Waals surface area contributed by atoms with E-state index in [1.807, 2.05) is 22.6 Å². The quantitative estimate of drug-likeness (QED) is 0.264. The Hall–Kier alpha value is -1.69. The van der Waals surface area contributed by atoms with Crippen molar-refractivity contribution in [3.05, 3.63) is 32.9 Å². The molecule has 30 heavy (non-hydrogen) atoms. The van der Waals surface area contributed by atoms with Gasteiger partial charge in [0.05, 0.1) is 17.3 Å². The van der Waals surface area contributed by atoms with Gasteiger partial charge in [0.1, 0.15) is 18.5 Å². The highest BCUT2D eigenvalue weighted by atomic mass is 127. The number of nitrogens with one attached hydrogen (secondary N) is 2. The van der Waals surface area contributed by atoms with Crippen LogP contribution in [0.1, 0.15) is 29.6 Å². The van der Waals surface area contributed by atoms with Gasteiger partial charge < -0.3 is 30.3 Å². The second kappa shape index (κ2) is 10.6. The molecule has 0 aromatic heterocycles. The highest BCUT2D eigenvalue weighted by Crippen LogP contribution is 2.36. The third-order valence-corrected chi connectivity index (χ3v) is 6.05. The molecule has 8 nitrogen and oxygen atoms in total. The van der Waals surface area contributed by atoms with Crippen molar-refractivity contribution in [2.24, 2.45) is 5.92 Å². The van der Waals surface area contributed by atoms with E-state index in [1.54, 1.807) is 18.2 Å². The van der Waals surface area contributed by atoms with E-state index in [1.165, 1.54) is 20.0 Å². The third kappa shape index (κ3) is 5.71. The van der Waals surface area contributed by atoms with Gasteiger partial charge in [0.15, 0.2) is 11.5 Å². The molecular weight excluding hydrogens is 503 g/mol. The molecule has 0 heterocycles. The van der Waals surface area contributed by atoms with E-state index in [2.05, 4.69) is 10.6 Å². The highest BCUT2D eigenvalue weighted by Gasteiger charge is 2.37. The third-order valence-electron chi connectivity index (χ3n) is 5.25. The Labute approximate surface area is 189 Å². The average molecular weight is 530 g/mol. The normalized spacial score (nSPS) is 23.5. The summed E-state index contributed by atoms with van der Waals surface area (Å²) in [5.41, 5.74) is 0.946. The lowest BCUT2D eigenvalue weighted by atomic mass is 9.89. The summed E-state index contributed by atoms with van der Waals surface area (Å²) in [4.78, 5) is 23.7. The number of rotatable bonds is 10. The van der Waals surface area contributed by atoms with Gasteiger partial charge in [-0.2, -0.15) is 0 Å². The van der Waals surface area contributed by atoms with E-state index in [4.69, 9.17) is 14.6 Å². The van der Waals surface area contributed by atoms with Crippen LogP contribution in [0.3, 0.4) is 0 Å². The molecule has 164 valence electrons. The van der Waals surface area contributed by atoms with Gasteiger partial charge >= 0.3 is 0 Å². The van der Waals surface area contributed by atoms with Crippen LogP contribution in [0.15, 0.2) is 23.8 Å². The highest BCUT2D eigenvalue weighted by molar-refractivity contribution is 14.1. The zero-order valence-corrected chi connectivity index (χ0v) is 18.9. The molecule has 1 amide bonds. The van der Waals surface area contributed by atoms with E-state index >= 15 is 0 Å². The number of methoxy groups -OCH3 is 1. The number of aliphatic hydroxyl groups is 2. The number of halogens is 1. The zero-order valence-electron chi connectivity index (χ0n) is 16.8. The minimum absolute atomic E-state index is 0.149. The molecule has 0 saturated heterocycles. The Morgan fingerprint density at radius 3 is 2.77 bits per heavy atom. The van der Waals surface area contributed by atoms with Crippen LogP contribution in [0.5, 0.6) is 11.5 Å². The molecule has 9 heteroatoms. The molecule has 1 aromatic rings. The van der Waals surface area contributed by atoms with E-state index in [9.17, 15) is 14.7 Å². The molecule has 1 saturated carbocycles. The summed E-state index contributed by atoms with van der Waals surface area (Å²) >= 11 is 2.05. The van der Waals surface area contributed by atoms with Crippen molar-refractivity contribution in [2.75, 3.05) is 26.8 Å². The van der Waals surface area contributed by atoms with Crippen LogP contribution in [-0.2, 0) is 4.79 Å². The van der Waals surface area contributed by atoms with Gasteiger partial charge in [0.25, 0.3) is 0 Å².